The van der Waals surface area contributed by atoms with Crippen molar-refractivity contribution in [3.8, 4) is 0 Å². The largest absolute Gasteiger partial charge is 0.457 e. The number of hydrogen-bond donors (Lipinski definition) is 0. The number of carbonyl (C=O) groups excluding carboxylic acids is 1. The maximum Gasteiger partial charge on any atom is 0.416 e. The van der Waals surface area contributed by atoms with Gasteiger partial charge in [0.05, 0.1) is 16.1 Å². The molecular formula is C16H12F3NO6S. The van der Waals surface area contributed by atoms with Crippen molar-refractivity contribution < 1.29 is 36.0 Å². The first-order valence-electron chi connectivity index (χ1n) is 7.22. The molecule has 7 nitrogen and oxygen atoms in total. The van der Waals surface area contributed by atoms with E-state index in [9.17, 15) is 36.5 Å². The Morgan fingerprint density at radius 1 is 1.19 bits per heavy atom. The normalized spacial score (nSPS) is 11.9. The fourth-order valence-corrected chi connectivity index (χ4v) is 3.08. The van der Waals surface area contributed by atoms with Crippen molar-refractivity contribution in [3.05, 3.63) is 69.3 Å². The third kappa shape index (κ3) is 4.82. The van der Waals surface area contributed by atoms with Gasteiger partial charge in [0.1, 0.15) is 11.5 Å². The molecule has 0 atom stereocenters. The fraction of sp³-hybridized carbons (Fsp3) is 0.188. The molecule has 2 rings (SSSR count). The van der Waals surface area contributed by atoms with Gasteiger partial charge in [0, 0.05) is 17.9 Å². The number of carbonyl (C=O) groups is 1. The van der Waals surface area contributed by atoms with E-state index < -0.39 is 49.7 Å². The molecule has 0 aromatic heterocycles. The molecule has 0 amide bonds. The number of nitrogens with zero attached hydrogens (tertiary/aromatic N) is 1. The van der Waals surface area contributed by atoms with Crippen LogP contribution >= 0.6 is 0 Å². The van der Waals surface area contributed by atoms with Gasteiger partial charge >= 0.3 is 12.1 Å². The lowest BCUT2D eigenvalue weighted by atomic mass is 10.1. The number of rotatable bonds is 5. The summed E-state index contributed by atoms with van der Waals surface area (Å²) < 4.78 is 66.7. The second kappa shape index (κ2) is 7.35. The Morgan fingerprint density at radius 3 is 2.37 bits per heavy atom. The van der Waals surface area contributed by atoms with Crippen molar-refractivity contribution in [2.24, 2.45) is 0 Å². The van der Waals surface area contributed by atoms with E-state index in [0.29, 0.717) is 6.07 Å². The van der Waals surface area contributed by atoms with Crippen LogP contribution in [-0.4, -0.2) is 25.6 Å². The lowest BCUT2D eigenvalue weighted by molar-refractivity contribution is -0.387. The summed E-state index contributed by atoms with van der Waals surface area (Å²) >= 11 is 0. The van der Waals surface area contributed by atoms with E-state index in [1.165, 1.54) is 12.1 Å². The van der Waals surface area contributed by atoms with E-state index in [4.69, 9.17) is 4.74 Å². The number of hydrogen-bond acceptors (Lipinski definition) is 6. The van der Waals surface area contributed by atoms with Crippen LogP contribution in [0.4, 0.5) is 18.9 Å². The molecule has 0 saturated heterocycles. The highest BCUT2D eigenvalue weighted by Crippen LogP contribution is 2.32. The van der Waals surface area contributed by atoms with Crippen molar-refractivity contribution in [2.45, 2.75) is 17.7 Å². The maximum absolute atomic E-state index is 12.9. The third-order valence-electron chi connectivity index (χ3n) is 3.47. The van der Waals surface area contributed by atoms with Gasteiger partial charge in [-0.3, -0.25) is 10.1 Å². The summed E-state index contributed by atoms with van der Waals surface area (Å²) in [5.41, 5.74) is -2.46. The lowest BCUT2D eigenvalue weighted by Crippen LogP contribution is -2.12. The minimum Gasteiger partial charge on any atom is -0.457 e. The SMILES string of the molecule is CS(=O)(=O)c1ccc(C(=O)OCc2ccccc2C(F)(F)F)cc1[N+](=O)[O-]. The van der Waals surface area contributed by atoms with Gasteiger partial charge in [-0.15, -0.1) is 0 Å². The predicted molar refractivity (Wildman–Crippen MR) is 86.8 cm³/mol. The second-order valence-electron chi connectivity index (χ2n) is 5.44. The van der Waals surface area contributed by atoms with Crippen molar-refractivity contribution in [3.63, 3.8) is 0 Å². The molecule has 0 unspecified atom stereocenters. The molecule has 0 aliphatic carbocycles. The Balaban J connectivity index is 2.28. The number of sulfone groups is 1. The maximum atomic E-state index is 12.9. The number of ether oxygens (including phenoxy) is 1. The smallest absolute Gasteiger partial charge is 0.416 e. The van der Waals surface area contributed by atoms with Crippen LogP contribution in [0.15, 0.2) is 47.4 Å². The second-order valence-corrected chi connectivity index (χ2v) is 7.43. The molecule has 0 bridgehead atoms. The van der Waals surface area contributed by atoms with Crippen molar-refractivity contribution in [1.82, 2.24) is 0 Å². The van der Waals surface area contributed by atoms with Crippen LogP contribution in [0.5, 0.6) is 0 Å². The number of benzene rings is 2. The Labute approximate surface area is 151 Å². The zero-order valence-corrected chi connectivity index (χ0v) is 14.5. The highest BCUT2D eigenvalue weighted by Gasteiger charge is 2.33. The standard InChI is InChI=1S/C16H12F3NO6S/c1-27(24,25)14-7-6-10(8-13(14)20(22)23)15(21)26-9-11-4-2-3-5-12(11)16(17,18)19/h2-8H,9H2,1H3. The Kier molecular flexibility index (Phi) is 5.54. The average Bonchev–Trinajstić information content (AvgIpc) is 2.57. The van der Waals surface area contributed by atoms with E-state index in [0.717, 1.165) is 30.5 Å². The van der Waals surface area contributed by atoms with Crippen LogP contribution in [0, 0.1) is 10.1 Å². The molecule has 0 saturated carbocycles. The number of halogens is 3. The molecule has 11 heteroatoms. The van der Waals surface area contributed by atoms with Crippen LogP contribution in [0.2, 0.25) is 0 Å². The first-order chi connectivity index (χ1) is 12.4. The van der Waals surface area contributed by atoms with Gasteiger partial charge in [0.25, 0.3) is 5.69 Å². The molecule has 0 radical (unpaired) electrons. The lowest BCUT2D eigenvalue weighted by Gasteiger charge is -2.13. The van der Waals surface area contributed by atoms with Crippen LogP contribution in [0.1, 0.15) is 21.5 Å². The van der Waals surface area contributed by atoms with Gasteiger partial charge in [-0.25, -0.2) is 13.2 Å². The first kappa shape index (κ1) is 20.4. The van der Waals surface area contributed by atoms with Gasteiger partial charge in [-0.2, -0.15) is 13.2 Å². The van der Waals surface area contributed by atoms with E-state index in [-0.39, 0.29) is 11.1 Å². The van der Waals surface area contributed by atoms with Crippen LogP contribution in [0.25, 0.3) is 0 Å². The highest BCUT2D eigenvalue weighted by atomic mass is 32.2. The first-order valence-corrected chi connectivity index (χ1v) is 9.11. The number of nitro benzene ring substituents is 1. The fourth-order valence-electron chi connectivity index (χ4n) is 2.25. The summed E-state index contributed by atoms with van der Waals surface area (Å²) in [6.07, 6.45) is -3.87. The Morgan fingerprint density at radius 2 is 1.81 bits per heavy atom. The third-order valence-corrected chi connectivity index (χ3v) is 4.62. The van der Waals surface area contributed by atoms with Gasteiger partial charge in [-0.1, -0.05) is 18.2 Å². The summed E-state index contributed by atoms with van der Waals surface area (Å²) in [4.78, 5) is 21.5. The zero-order chi connectivity index (χ0) is 20.4. The van der Waals surface area contributed by atoms with Crippen molar-refractivity contribution >= 4 is 21.5 Å². The van der Waals surface area contributed by atoms with Gasteiger partial charge in [-0.05, 0) is 18.2 Å². The Bertz CT molecular complexity index is 1000. The van der Waals surface area contributed by atoms with Crippen LogP contribution < -0.4 is 0 Å². The monoisotopic (exact) mass is 403 g/mol. The Hall–Kier alpha value is -2.95. The summed E-state index contributed by atoms with van der Waals surface area (Å²) in [5, 5.41) is 11.0. The van der Waals surface area contributed by atoms with Crippen LogP contribution in [-0.2, 0) is 27.4 Å². The molecular weight excluding hydrogens is 391 g/mol. The number of esters is 1. The molecule has 2 aromatic rings. The zero-order valence-electron chi connectivity index (χ0n) is 13.7. The predicted octanol–water partition coefficient (Wildman–Crippen LogP) is 3.37. The summed E-state index contributed by atoms with van der Waals surface area (Å²) in [7, 11) is -3.92. The minimum absolute atomic E-state index is 0.291. The molecule has 144 valence electrons. The summed E-state index contributed by atoms with van der Waals surface area (Å²) in [6, 6.07) is 7.04. The minimum atomic E-state index is -4.64. The number of alkyl halides is 3. The van der Waals surface area contributed by atoms with Crippen molar-refractivity contribution in [2.75, 3.05) is 6.26 Å². The van der Waals surface area contributed by atoms with Gasteiger partial charge in [0.15, 0.2) is 9.84 Å². The topological polar surface area (TPSA) is 104 Å². The quantitative estimate of drug-likeness (QED) is 0.431. The molecule has 0 fully saturated rings. The molecule has 0 heterocycles. The molecule has 2 aromatic carbocycles. The summed E-state index contributed by atoms with van der Waals surface area (Å²) in [6.45, 7) is -0.712. The van der Waals surface area contributed by atoms with Crippen LogP contribution in [0.3, 0.4) is 0 Å². The van der Waals surface area contributed by atoms with Gasteiger partial charge < -0.3 is 4.74 Å². The van der Waals surface area contributed by atoms with E-state index in [1.807, 2.05) is 0 Å². The van der Waals surface area contributed by atoms with Gasteiger partial charge in [0.2, 0.25) is 0 Å². The highest BCUT2D eigenvalue weighted by molar-refractivity contribution is 7.90. The van der Waals surface area contributed by atoms with E-state index in [2.05, 4.69) is 0 Å². The molecule has 27 heavy (non-hydrogen) atoms. The van der Waals surface area contributed by atoms with E-state index >= 15 is 0 Å². The number of nitro groups is 1. The molecule has 0 aliphatic heterocycles. The molecule has 0 N–H and O–H groups in total. The summed E-state index contributed by atoms with van der Waals surface area (Å²) in [5.74, 6) is -1.13. The molecule has 0 aliphatic rings. The molecule has 0 spiro atoms. The van der Waals surface area contributed by atoms with E-state index in [1.54, 1.807) is 0 Å². The average molecular weight is 403 g/mol. The van der Waals surface area contributed by atoms with Crippen molar-refractivity contribution in [1.29, 1.82) is 0 Å².